The highest BCUT2D eigenvalue weighted by molar-refractivity contribution is 7.84. The topological polar surface area (TPSA) is 59.1 Å². The van der Waals surface area contributed by atoms with Crippen LogP contribution in [0.3, 0.4) is 0 Å². The smallest absolute Gasteiger partial charge is 0.256 e. The molecule has 1 aromatic heterocycles. The summed E-state index contributed by atoms with van der Waals surface area (Å²) in [6.07, 6.45) is 3.28. The molecule has 0 aliphatic heterocycles. The van der Waals surface area contributed by atoms with Crippen LogP contribution in [-0.4, -0.2) is 21.4 Å². The van der Waals surface area contributed by atoms with E-state index in [0.29, 0.717) is 16.1 Å². The highest BCUT2D eigenvalue weighted by Crippen LogP contribution is 2.21. The van der Waals surface area contributed by atoms with Crippen LogP contribution < -0.4 is 5.32 Å². The van der Waals surface area contributed by atoms with Crippen molar-refractivity contribution in [3.05, 3.63) is 66.4 Å². The monoisotopic (exact) mass is 310 g/mol. The Kier molecular flexibility index (Phi) is 3.98. The zero-order valence-corrected chi connectivity index (χ0v) is 12.8. The standard InChI is InChI=1S/C17H14N2O2S/c1-22(21)16-10-3-2-8-15(16)19-17(20)13-6-4-9-14-12(13)7-5-11-18-14/h2-11H,1H3,(H,19,20)/t22-/m0/s1. The van der Waals surface area contributed by atoms with Gasteiger partial charge in [0.2, 0.25) is 0 Å². The van der Waals surface area contributed by atoms with Crippen molar-refractivity contribution in [2.45, 2.75) is 4.90 Å². The van der Waals surface area contributed by atoms with E-state index in [4.69, 9.17) is 0 Å². The van der Waals surface area contributed by atoms with Gasteiger partial charge in [0, 0.05) is 23.4 Å². The molecule has 1 heterocycles. The van der Waals surface area contributed by atoms with Gasteiger partial charge in [-0.1, -0.05) is 24.3 Å². The van der Waals surface area contributed by atoms with Crippen molar-refractivity contribution < 1.29 is 9.00 Å². The van der Waals surface area contributed by atoms with Crippen LogP contribution in [0.2, 0.25) is 0 Å². The number of amides is 1. The maximum Gasteiger partial charge on any atom is 0.256 e. The molecule has 0 spiro atoms. The third kappa shape index (κ3) is 2.76. The number of carbonyl (C=O) groups excluding carboxylic acids is 1. The van der Waals surface area contributed by atoms with E-state index in [1.54, 1.807) is 54.9 Å². The lowest BCUT2D eigenvalue weighted by atomic mass is 10.1. The van der Waals surface area contributed by atoms with E-state index in [0.717, 1.165) is 10.9 Å². The predicted molar refractivity (Wildman–Crippen MR) is 88.5 cm³/mol. The van der Waals surface area contributed by atoms with Crippen molar-refractivity contribution in [2.24, 2.45) is 0 Å². The summed E-state index contributed by atoms with van der Waals surface area (Å²) in [5.41, 5.74) is 1.87. The van der Waals surface area contributed by atoms with Gasteiger partial charge in [-0.3, -0.25) is 14.0 Å². The van der Waals surface area contributed by atoms with Crippen LogP contribution in [0.15, 0.2) is 65.7 Å². The van der Waals surface area contributed by atoms with Gasteiger partial charge < -0.3 is 5.32 Å². The fourth-order valence-electron chi connectivity index (χ4n) is 2.31. The number of fused-ring (bicyclic) bond motifs is 1. The Morgan fingerprint density at radius 2 is 1.86 bits per heavy atom. The Bertz CT molecular complexity index is 872. The number of hydrogen-bond acceptors (Lipinski definition) is 3. The fourth-order valence-corrected chi connectivity index (χ4v) is 3.01. The first kappa shape index (κ1) is 14.4. The van der Waals surface area contributed by atoms with Crippen LogP contribution in [0.1, 0.15) is 10.4 Å². The van der Waals surface area contributed by atoms with Crippen molar-refractivity contribution >= 4 is 33.3 Å². The van der Waals surface area contributed by atoms with Gasteiger partial charge in [-0.15, -0.1) is 0 Å². The molecule has 4 nitrogen and oxygen atoms in total. The van der Waals surface area contributed by atoms with Crippen LogP contribution >= 0.6 is 0 Å². The molecule has 22 heavy (non-hydrogen) atoms. The average molecular weight is 310 g/mol. The van der Waals surface area contributed by atoms with Crippen LogP contribution in [0.5, 0.6) is 0 Å². The van der Waals surface area contributed by atoms with Crippen molar-refractivity contribution in [3.63, 3.8) is 0 Å². The molecule has 3 aromatic rings. The molecule has 0 fully saturated rings. The van der Waals surface area contributed by atoms with E-state index >= 15 is 0 Å². The van der Waals surface area contributed by atoms with E-state index in [1.165, 1.54) is 0 Å². The van der Waals surface area contributed by atoms with Gasteiger partial charge in [0.1, 0.15) is 0 Å². The van der Waals surface area contributed by atoms with Gasteiger partial charge in [0.25, 0.3) is 5.91 Å². The fraction of sp³-hybridized carbons (Fsp3) is 0.0588. The molecule has 0 bridgehead atoms. The zero-order chi connectivity index (χ0) is 15.5. The molecule has 0 saturated carbocycles. The SMILES string of the molecule is C[S@](=O)c1ccccc1NC(=O)c1cccc2ncccc12. The van der Waals surface area contributed by atoms with Gasteiger partial charge >= 0.3 is 0 Å². The normalized spacial score (nSPS) is 12.0. The molecule has 1 N–H and O–H groups in total. The molecule has 1 amide bonds. The molecule has 0 saturated heterocycles. The summed E-state index contributed by atoms with van der Waals surface area (Å²) < 4.78 is 11.7. The third-order valence-corrected chi connectivity index (χ3v) is 4.31. The largest absolute Gasteiger partial charge is 0.321 e. The van der Waals surface area contributed by atoms with Crippen molar-refractivity contribution in [1.82, 2.24) is 4.98 Å². The number of rotatable bonds is 3. The van der Waals surface area contributed by atoms with E-state index in [1.807, 2.05) is 12.1 Å². The van der Waals surface area contributed by atoms with Gasteiger partial charge in [-0.2, -0.15) is 0 Å². The Hall–Kier alpha value is -2.53. The number of carbonyl (C=O) groups is 1. The number of benzene rings is 2. The minimum absolute atomic E-state index is 0.239. The number of pyridine rings is 1. The van der Waals surface area contributed by atoms with E-state index in [-0.39, 0.29) is 5.91 Å². The second-order valence-corrected chi connectivity index (χ2v) is 6.13. The van der Waals surface area contributed by atoms with E-state index in [2.05, 4.69) is 10.3 Å². The first-order valence-electron chi connectivity index (χ1n) is 6.74. The Morgan fingerprint density at radius 3 is 2.68 bits per heavy atom. The summed E-state index contributed by atoms with van der Waals surface area (Å²) >= 11 is 0. The summed E-state index contributed by atoms with van der Waals surface area (Å²) in [5.74, 6) is -0.239. The molecule has 0 aliphatic rings. The molecule has 110 valence electrons. The average Bonchev–Trinajstić information content (AvgIpc) is 2.54. The Balaban J connectivity index is 2.00. The number of anilines is 1. The van der Waals surface area contributed by atoms with Gasteiger partial charge in [0.05, 0.1) is 26.9 Å². The lowest BCUT2D eigenvalue weighted by Crippen LogP contribution is -2.14. The molecule has 0 radical (unpaired) electrons. The molecular formula is C17H14N2O2S. The van der Waals surface area contributed by atoms with Gasteiger partial charge in [0.15, 0.2) is 0 Å². The summed E-state index contributed by atoms with van der Waals surface area (Å²) in [6.45, 7) is 0. The van der Waals surface area contributed by atoms with Crippen molar-refractivity contribution in [3.8, 4) is 0 Å². The summed E-state index contributed by atoms with van der Waals surface area (Å²) in [6, 6.07) is 16.2. The highest BCUT2D eigenvalue weighted by Gasteiger charge is 2.13. The minimum Gasteiger partial charge on any atom is -0.321 e. The number of aromatic nitrogens is 1. The van der Waals surface area contributed by atoms with Crippen molar-refractivity contribution in [2.75, 3.05) is 11.6 Å². The van der Waals surface area contributed by atoms with E-state index in [9.17, 15) is 9.00 Å². The van der Waals surface area contributed by atoms with Gasteiger partial charge in [-0.05, 0) is 30.3 Å². The van der Waals surface area contributed by atoms with Crippen LogP contribution in [0, 0.1) is 0 Å². The lowest BCUT2D eigenvalue weighted by Gasteiger charge is -2.10. The van der Waals surface area contributed by atoms with Crippen LogP contribution in [0.4, 0.5) is 5.69 Å². The molecule has 5 heteroatoms. The zero-order valence-electron chi connectivity index (χ0n) is 11.9. The second kappa shape index (κ2) is 6.07. The predicted octanol–water partition coefficient (Wildman–Crippen LogP) is 3.22. The molecular weight excluding hydrogens is 296 g/mol. The first-order chi connectivity index (χ1) is 10.7. The highest BCUT2D eigenvalue weighted by atomic mass is 32.2. The molecule has 0 unspecified atom stereocenters. The number of nitrogens with one attached hydrogen (secondary N) is 1. The minimum atomic E-state index is -1.17. The first-order valence-corrected chi connectivity index (χ1v) is 8.30. The number of para-hydroxylation sites is 1. The Morgan fingerprint density at radius 1 is 1.05 bits per heavy atom. The summed E-state index contributed by atoms with van der Waals surface area (Å²) in [5, 5.41) is 3.63. The third-order valence-electron chi connectivity index (χ3n) is 3.34. The summed E-state index contributed by atoms with van der Waals surface area (Å²) in [7, 11) is -1.17. The summed E-state index contributed by atoms with van der Waals surface area (Å²) in [4.78, 5) is 17.4. The maximum absolute atomic E-state index is 12.6. The quantitative estimate of drug-likeness (QED) is 0.808. The molecule has 3 rings (SSSR count). The molecule has 2 aromatic carbocycles. The molecule has 0 aliphatic carbocycles. The van der Waals surface area contributed by atoms with Crippen LogP contribution in [-0.2, 0) is 10.8 Å². The van der Waals surface area contributed by atoms with Crippen LogP contribution in [0.25, 0.3) is 10.9 Å². The number of nitrogens with zero attached hydrogens (tertiary/aromatic N) is 1. The lowest BCUT2D eigenvalue weighted by molar-refractivity contribution is 0.102. The van der Waals surface area contributed by atoms with E-state index < -0.39 is 10.8 Å². The Labute approximate surface area is 130 Å². The second-order valence-electron chi connectivity index (χ2n) is 4.78. The van der Waals surface area contributed by atoms with Crippen molar-refractivity contribution in [1.29, 1.82) is 0 Å². The maximum atomic E-state index is 12.6. The number of hydrogen-bond donors (Lipinski definition) is 1. The van der Waals surface area contributed by atoms with Gasteiger partial charge in [-0.25, -0.2) is 0 Å². The molecule has 1 atom stereocenters.